The highest BCUT2D eigenvalue weighted by Crippen LogP contribution is 2.42. The average Bonchev–Trinajstić information content (AvgIpc) is 3.72. The van der Waals surface area contributed by atoms with Crippen molar-refractivity contribution in [2.45, 2.75) is 0 Å². The van der Waals surface area contributed by atoms with Crippen molar-refractivity contribution < 1.29 is 4.42 Å². The van der Waals surface area contributed by atoms with E-state index >= 15 is 0 Å². The summed E-state index contributed by atoms with van der Waals surface area (Å²) in [6, 6.07) is 0. The highest BCUT2D eigenvalue weighted by Gasteiger charge is 2.32. The van der Waals surface area contributed by atoms with Crippen LogP contribution in [0, 0.1) is 0 Å². The largest absolute Gasteiger partial charge is 0.456 e. The van der Waals surface area contributed by atoms with Crippen LogP contribution in [0.25, 0.3) is 87.6 Å². The summed E-state index contributed by atoms with van der Waals surface area (Å²) in [6.07, 6.45) is 0. The van der Waals surface area contributed by atoms with Gasteiger partial charge in [0, 0.05) is 16.3 Å². The Labute approximate surface area is 435 Å². The lowest BCUT2D eigenvalue weighted by atomic mass is 9.55. The second kappa shape index (κ2) is 16.8. The van der Waals surface area contributed by atoms with Crippen LogP contribution in [0.3, 0.4) is 0 Å². The maximum Gasteiger partial charge on any atom is 0.143 e. The Hall–Kier alpha value is -3.97. The molecule has 0 aliphatic rings. The molecular weight excluding hydrogens is 802 g/mol. The normalized spacial score (nSPS) is 11.8. The Morgan fingerprint density at radius 3 is 0.754 bits per heavy atom. The molecule has 27 heteroatoms. The Balaban J connectivity index is 1.61. The third-order valence-electron chi connectivity index (χ3n) is 19.9. The summed E-state index contributed by atoms with van der Waals surface area (Å²) < 4.78 is 7.49. The molecule has 0 bridgehead atoms. The summed E-state index contributed by atoms with van der Waals surface area (Å²) in [5.41, 5.74) is 45.7. The molecule has 304 valence electrons. The molecule has 0 aliphatic carbocycles. The molecule has 1 heterocycles. The number of hydrogen-bond donors (Lipinski definition) is 0. The first kappa shape index (κ1) is 50.0. The van der Waals surface area contributed by atoms with E-state index in [2.05, 4.69) is 204 Å². The van der Waals surface area contributed by atoms with Crippen molar-refractivity contribution >= 4 is 400 Å². The maximum absolute atomic E-state index is 7.49. The predicted octanol–water partition coefficient (Wildman–Crippen LogP) is -33.2. The molecule has 1 aromatic heterocycles. The zero-order chi connectivity index (χ0) is 51.0. The van der Waals surface area contributed by atoms with Crippen LogP contribution in [-0.4, -0.2) is 204 Å². The molecule has 9 aromatic rings. The van der Waals surface area contributed by atoms with Crippen LogP contribution >= 0.6 is 0 Å². The van der Waals surface area contributed by atoms with Crippen molar-refractivity contribution in [1.82, 2.24) is 0 Å². The molecule has 9 rings (SSSR count). The summed E-state index contributed by atoms with van der Waals surface area (Å²) in [5, 5.41) is 10.9. The standard InChI is InChI=1S/C42H52B26O/c43-15-7(23(51)30(58)24(52)9(15)8-16(44)10-11(22(50)21(8)49)26(54)37(65)36(64)25(10)53)1-3-5(19(47)34(62)32(60)17(3)45)2(6-4(1)18(46)33(61)35(63)20(6)48)12-27(55)31(59)28(56)13-14-29(57)38(66)39(67)40(68)42(14)69-41(12)13/h43-68H2. The average molecular weight is 854 g/mol. The molecule has 0 fully saturated rings. The molecule has 0 amide bonds. The molecule has 1 nitrogen and oxygen atoms in total. The van der Waals surface area contributed by atoms with Crippen LogP contribution in [0.4, 0.5) is 0 Å². The van der Waals surface area contributed by atoms with Crippen LogP contribution in [0.1, 0.15) is 0 Å². The third kappa shape index (κ3) is 6.41. The number of furan rings is 1. The molecule has 0 radical (unpaired) electrons. The highest BCUT2D eigenvalue weighted by atomic mass is 16.3. The van der Waals surface area contributed by atoms with E-state index in [0.29, 0.717) is 0 Å². The van der Waals surface area contributed by atoms with Crippen LogP contribution in [-0.2, 0) is 0 Å². The smallest absolute Gasteiger partial charge is 0.143 e. The fourth-order valence-electron chi connectivity index (χ4n) is 13.8. The summed E-state index contributed by atoms with van der Waals surface area (Å²) in [4.78, 5) is 0. The minimum Gasteiger partial charge on any atom is -0.456 e. The first-order chi connectivity index (χ1) is 32.2. The van der Waals surface area contributed by atoms with Crippen molar-refractivity contribution in [2.24, 2.45) is 0 Å². The van der Waals surface area contributed by atoms with Gasteiger partial charge in [-0.1, -0.05) is 98.3 Å². The molecule has 69 heavy (non-hydrogen) atoms. The lowest BCUT2D eigenvalue weighted by Gasteiger charge is -2.32. The first-order valence-corrected chi connectivity index (χ1v) is 25.7. The van der Waals surface area contributed by atoms with Crippen molar-refractivity contribution in [3.63, 3.8) is 0 Å². The zero-order valence-electron chi connectivity index (χ0n) is 47.4. The van der Waals surface area contributed by atoms with Gasteiger partial charge >= 0.3 is 0 Å². The van der Waals surface area contributed by atoms with Gasteiger partial charge in [0.15, 0.2) is 0 Å². The van der Waals surface area contributed by atoms with E-state index in [1.54, 1.807) is 0 Å². The van der Waals surface area contributed by atoms with Crippen molar-refractivity contribution in [3.05, 3.63) is 0 Å². The van der Waals surface area contributed by atoms with Crippen LogP contribution in [0.15, 0.2) is 4.42 Å². The summed E-state index contributed by atoms with van der Waals surface area (Å²) in [7, 11) is 61.4. The molecule has 0 unspecified atom stereocenters. The maximum atomic E-state index is 7.49. The third-order valence-corrected chi connectivity index (χ3v) is 19.9. The van der Waals surface area contributed by atoms with Gasteiger partial charge in [0.2, 0.25) is 0 Å². The Morgan fingerprint density at radius 1 is 0.130 bits per heavy atom. The Bertz CT molecular complexity index is 3890. The van der Waals surface area contributed by atoms with Gasteiger partial charge in [-0.25, -0.2) is 0 Å². The van der Waals surface area contributed by atoms with E-state index in [4.69, 9.17) is 4.42 Å². The number of fused-ring (bicyclic) bond motifs is 6. The monoisotopic (exact) mass is 859 g/mol. The minimum atomic E-state index is 1.03. The molecule has 0 saturated heterocycles. The summed E-state index contributed by atoms with van der Waals surface area (Å²) in [6.45, 7) is 0. The van der Waals surface area contributed by atoms with Gasteiger partial charge in [-0.05, 0) is 60.1 Å². The molecular formula is C42H52B26O. The highest BCUT2D eigenvalue weighted by molar-refractivity contribution is 6.77. The predicted molar refractivity (Wildman–Crippen MR) is 395 cm³/mol. The molecule has 0 spiro atoms. The number of rotatable bonds is 3. The Morgan fingerprint density at radius 2 is 0.348 bits per heavy atom. The SMILES string of the molecule is Bc1c(B)c(-c2c(B)c(B)c3c(B)c(B)c(B)c(B)c3c2B)c(B)c(-c2c3c(B)c(B)c(B)c(B)c3c(-c3c(B)c(B)c(B)c4c3oc3c(B)c(B)c(B)c(B)c34)c3c(B)c(B)c(B)c(B)c23)c1B. The fraction of sp³-hybridized carbons (Fsp3) is 0. The molecule has 0 N–H and O–H groups in total. The quantitative estimate of drug-likeness (QED) is 0.127. The van der Waals surface area contributed by atoms with Gasteiger partial charge in [0.25, 0.3) is 0 Å². The van der Waals surface area contributed by atoms with Gasteiger partial charge in [0.1, 0.15) is 215 Å². The fourth-order valence-corrected chi connectivity index (χ4v) is 13.8. The van der Waals surface area contributed by atoms with Gasteiger partial charge < -0.3 is 4.42 Å². The van der Waals surface area contributed by atoms with Gasteiger partial charge in [0.05, 0.1) is 0 Å². The van der Waals surface area contributed by atoms with E-state index in [1.165, 1.54) is 219 Å². The van der Waals surface area contributed by atoms with Crippen LogP contribution < -0.4 is 142 Å². The van der Waals surface area contributed by atoms with Gasteiger partial charge in [-0.2, -0.15) is 0 Å². The minimum absolute atomic E-state index is 1.03. The molecule has 0 atom stereocenters. The second-order valence-electron chi connectivity index (χ2n) is 22.3. The van der Waals surface area contributed by atoms with Crippen molar-refractivity contribution in [2.75, 3.05) is 0 Å². The molecule has 8 aromatic carbocycles. The van der Waals surface area contributed by atoms with E-state index in [0.717, 1.165) is 11.2 Å². The zero-order valence-corrected chi connectivity index (χ0v) is 47.4. The van der Waals surface area contributed by atoms with Gasteiger partial charge in [-0.15, -0.1) is 43.7 Å². The lowest BCUT2D eigenvalue weighted by molar-refractivity contribution is 0.673. The van der Waals surface area contributed by atoms with Crippen LogP contribution in [0.2, 0.25) is 0 Å². The van der Waals surface area contributed by atoms with Crippen molar-refractivity contribution in [1.29, 1.82) is 0 Å². The second-order valence-corrected chi connectivity index (χ2v) is 22.3. The molecule has 0 saturated carbocycles. The number of hydrogen-bond acceptors (Lipinski definition) is 1. The van der Waals surface area contributed by atoms with E-state index in [9.17, 15) is 0 Å². The van der Waals surface area contributed by atoms with E-state index in [1.807, 2.05) is 0 Å². The molecule has 0 aliphatic heterocycles. The van der Waals surface area contributed by atoms with Crippen molar-refractivity contribution in [3.8, 4) is 33.4 Å². The van der Waals surface area contributed by atoms with E-state index < -0.39 is 0 Å². The Kier molecular flexibility index (Phi) is 12.2. The summed E-state index contributed by atoms with van der Waals surface area (Å²) >= 11 is 0. The number of benzene rings is 8. The summed E-state index contributed by atoms with van der Waals surface area (Å²) in [5.74, 6) is 0. The van der Waals surface area contributed by atoms with E-state index in [-0.39, 0.29) is 0 Å². The topological polar surface area (TPSA) is 13.1 Å². The lowest BCUT2D eigenvalue weighted by Crippen LogP contribution is -2.53. The van der Waals surface area contributed by atoms with Gasteiger partial charge in [-0.3, -0.25) is 0 Å². The first-order valence-electron chi connectivity index (χ1n) is 25.7. The van der Waals surface area contributed by atoms with Crippen LogP contribution in [0.5, 0.6) is 0 Å².